The van der Waals surface area contributed by atoms with E-state index in [9.17, 15) is 9.59 Å². The van der Waals surface area contributed by atoms with Crippen LogP contribution in [0.3, 0.4) is 0 Å². The Kier molecular flexibility index (Phi) is 7.03. The highest BCUT2D eigenvalue weighted by molar-refractivity contribution is 9.10. The number of hydrogen-bond donors (Lipinski definition) is 1. The molecule has 0 bridgehead atoms. The number of carbonyl (C=O) groups excluding carboxylic acids is 2. The Balaban J connectivity index is 1.48. The van der Waals surface area contributed by atoms with Gasteiger partial charge >= 0.3 is 5.97 Å². The second-order valence-electron chi connectivity index (χ2n) is 6.39. The summed E-state index contributed by atoms with van der Waals surface area (Å²) in [6.45, 7) is 3.68. The topological polar surface area (TPSA) is 90.1 Å². The van der Waals surface area contributed by atoms with Gasteiger partial charge in [0.1, 0.15) is 11.5 Å². The molecule has 0 aliphatic rings. The number of esters is 1. The molecule has 30 heavy (non-hydrogen) atoms. The predicted octanol–water partition coefficient (Wildman–Crippen LogP) is 4.41. The first-order valence-electron chi connectivity index (χ1n) is 8.99. The lowest BCUT2D eigenvalue weighted by Crippen LogP contribution is -2.25. The number of nitrogens with zero attached hydrogens (tertiary/aromatic N) is 1. The molecule has 0 unspecified atom stereocenters. The van der Waals surface area contributed by atoms with E-state index >= 15 is 0 Å². The Morgan fingerprint density at radius 1 is 1.13 bits per heavy atom. The summed E-state index contributed by atoms with van der Waals surface area (Å²) in [5.74, 6) is 0.212. The number of carbonyl (C=O) groups is 2. The monoisotopic (exact) mass is 470 g/mol. The lowest BCUT2D eigenvalue weighted by molar-refractivity contribution is -0.123. The number of hydrogen-bond acceptors (Lipinski definition) is 6. The van der Waals surface area contributed by atoms with Gasteiger partial charge in [-0.1, -0.05) is 15.9 Å². The number of aryl methyl sites for hydroxylation is 2. The molecule has 3 aromatic rings. The second-order valence-corrected chi connectivity index (χ2v) is 7.30. The molecular formula is C22H19BrN2O5. The third kappa shape index (κ3) is 5.81. The smallest absolute Gasteiger partial charge is 0.379 e. The Bertz CT molecular complexity index is 1040. The van der Waals surface area contributed by atoms with Crippen molar-refractivity contribution in [2.45, 2.75) is 13.8 Å². The van der Waals surface area contributed by atoms with Crippen molar-refractivity contribution in [1.29, 1.82) is 0 Å². The summed E-state index contributed by atoms with van der Waals surface area (Å²) < 4.78 is 16.7. The van der Waals surface area contributed by atoms with Crippen LogP contribution < -0.4 is 14.9 Å². The zero-order valence-corrected chi connectivity index (χ0v) is 17.9. The highest BCUT2D eigenvalue weighted by atomic mass is 79.9. The third-order valence-corrected chi connectivity index (χ3v) is 4.45. The summed E-state index contributed by atoms with van der Waals surface area (Å²) in [7, 11) is 0. The van der Waals surface area contributed by atoms with Crippen LogP contribution in [-0.2, 0) is 4.79 Å². The van der Waals surface area contributed by atoms with Crippen molar-refractivity contribution in [3.63, 3.8) is 0 Å². The molecule has 1 N–H and O–H groups in total. The minimum atomic E-state index is -0.579. The minimum Gasteiger partial charge on any atom is -0.483 e. The zero-order valence-electron chi connectivity index (χ0n) is 16.3. The molecule has 7 nitrogen and oxygen atoms in total. The van der Waals surface area contributed by atoms with Crippen molar-refractivity contribution in [2.24, 2.45) is 5.10 Å². The Morgan fingerprint density at radius 3 is 2.47 bits per heavy atom. The fourth-order valence-corrected chi connectivity index (χ4v) is 3.33. The van der Waals surface area contributed by atoms with Crippen LogP contribution in [0.2, 0.25) is 0 Å². The van der Waals surface area contributed by atoms with Crippen LogP contribution in [0.1, 0.15) is 27.2 Å². The van der Waals surface area contributed by atoms with Crippen molar-refractivity contribution in [2.75, 3.05) is 6.61 Å². The molecule has 8 heteroatoms. The molecule has 0 fully saturated rings. The average molecular weight is 471 g/mol. The quantitative estimate of drug-likeness (QED) is 0.239. The molecule has 0 aliphatic heterocycles. The van der Waals surface area contributed by atoms with E-state index in [4.69, 9.17) is 13.9 Å². The number of nitrogens with one attached hydrogen (secondary N) is 1. The molecule has 0 atom stereocenters. The lowest BCUT2D eigenvalue weighted by atomic mass is 10.1. The summed E-state index contributed by atoms with van der Waals surface area (Å²) in [6, 6.07) is 13.6. The van der Waals surface area contributed by atoms with Crippen molar-refractivity contribution < 1.29 is 23.5 Å². The highest BCUT2D eigenvalue weighted by Gasteiger charge is 2.11. The van der Waals surface area contributed by atoms with E-state index in [-0.39, 0.29) is 18.3 Å². The zero-order chi connectivity index (χ0) is 21.5. The predicted molar refractivity (Wildman–Crippen MR) is 115 cm³/mol. The molecule has 2 aromatic carbocycles. The van der Waals surface area contributed by atoms with Crippen LogP contribution in [0, 0.1) is 13.8 Å². The Hall–Kier alpha value is -3.39. The average Bonchev–Trinajstić information content (AvgIpc) is 3.23. The van der Waals surface area contributed by atoms with E-state index in [2.05, 4.69) is 26.5 Å². The molecule has 0 aliphatic carbocycles. The summed E-state index contributed by atoms with van der Waals surface area (Å²) in [5, 5.41) is 3.91. The van der Waals surface area contributed by atoms with E-state index in [1.165, 1.54) is 18.5 Å². The van der Waals surface area contributed by atoms with Crippen LogP contribution in [0.4, 0.5) is 0 Å². The number of hydrazone groups is 1. The van der Waals surface area contributed by atoms with Crippen molar-refractivity contribution in [3.8, 4) is 11.5 Å². The number of rotatable bonds is 7. The van der Waals surface area contributed by atoms with E-state index in [1.807, 2.05) is 26.0 Å². The van der Waals surface area contributed by atoms with Crippen LogP contribution >= 0.6 is 15.9 Å². The van der Waals surface area contributed by atoms with Gasteiger partial charge in [-0.15, -0.1) is 0 Å². The lowest BCUT2D eigenvalue weighted by Gasteiger charge is -2.11. The third-order valence-electron chi connectivity index (χ3n) is 3.99. The van der Waals surface area contributed by atoms with Gasteiger partial charge in [-0.25, -0.2) is 10.2 Å². The highest BCUT2D eigenvalue weighted by Crippen LogP contribution is 2.27. The van der Waals surface area contributed by atoms with E-state index in [1.54, 1.807) is 30.3 Å². The number of benzene rings is 2. The maximum Gasteiger partial charge on any atom is 0.379 e. The first kappa shape index (κ1) is 21.3. The molecule has 1 aromatic heterocycles. The standard InChI is InChI=1S/C22H19BrN2O5/c1-14-10-17(23)11-15(2)21(14)29-13-20(26)25-24-12-16-5-7-18(8-6-16)30-22(27)19-4-3-9-28-19/h3-12H,13H2,1-2H3,(H,25,26)/b24-12+. The van der Waals surface area contributed by atoms with Gasteiger partial charge in [-0.3, -0.25) is 4.79 Å². The van der Waals surface area contributed by atoms with Crippen LogP contribution in [0.25, 0.3) is 0 Å². The summed E-state index contributed by atoms with van der Waals surface area (Å²) in [4.78, 5) is 23.8. The first-order chi connectivity index (χ1) is 14.4. The largest absolute Gasteiger partial charge is 0.483 e. The van der Waals surface area contributed by atoms with Crippen molar-refractivity contribution in [3.05, 3.63) is 81.7 Å². The molecule has 0 radical (unpaired) electrons. The van der Waals surface area contributed by atoms with E-state index < -0.39 is 5.97 Å². The van der Waals surface area contributed by atoms with Gasteiger partial charge in [0.2, 0.25) is 5.76 Å². The fourth-order valence-electron chi connectivity index (χ4n) is 2.65. The number of amides is 1. The molecule has 1 heterocycles. The Morgan fingerprint density at radius 2 is 1.83 bits per heavy atom. The van der Waals surface area contributed by atoms with Crippen molar-refractivity contribution >= 4 is 34.0 Å². The normalized spacial score (nSPS) is 10.8. The summed E-state index contributed by atoms with van der Waals surface area (Å²) >= 11 is 3.43. The van der Waals surface area contributed by atoms with Gasteiger partial charge in [0.05, 0.1) is 12.5 Å². The SMILES string of the molecule is Cc1cc(Br)cc(C)c1OCC(=O)N/N=C/c1ccc(OC(=O)c2ccco2)cc1. The van der Waals surface area contributed by atoms with Crippen molar-refractivity contribution in [1.82, 2.24) is 5.43 Å². The van der Waals surface area contributed by atoms with Gasteiger partial charge in [-0.05, 0) is 79.1 Å². The minimum absolute atomic E-state index is 0.124. The molecule has 0 saturated heterocycles. The molecule has 0 saturated carbocycles. The van der Waals surface area contributed by atoms with E-state index in [0.717, 1.165) is 15.6 Å². The maximum absolute atomic E-state index is 12.0. The van der Waals surface area contributed by atoms with Gasteiger partial charge in [0.15, 0.2) is 6.61 Å². The van der Waals surface area contributed by atoms with Gasteiger partial charge in [0.25, 0.3) is 5.91 Å². The number of furan rings is 1. The number of ether oxygens (including phenoxy) is 2. The molecular weight excluding hydrogens is 452 g/mol. The maximum atomic E-state index is 12.0. The Labute approximate surface area is 181 Å². The van der Waals surface area contributed by atoms with Crippen LogP contribution in [-0.4, -0.2) is 24.7 Å². The number of halogens is 1. The summed E-state index contributed by atoms with van der Waals surface area (Å²) in [5.41, 5.74) is 5.00. The second kappa shape index (κ2) is 9.89. The van der Waals surface area contributed by atoms with Gasteiger partial charge in [-0.2, -0.15) is 5.10 Å². The van der Waals surface area contributed by atoms with Crippen LogP contribution in [0.15, 0.2) is 68.8 Å². The summed E-state index contributed by atoms with van der Waals surface area (Å²) in [6.07, 6.45) is 2.88. The molecule has 154 valence electrons. The molecule has 0 spiro atoms. The van der Waals surface area contributed by atoms with Gasteiger partial charge < -0.3 is 13.9 Å². The van der Waals surface area contributed by atoms with Gasteiger partial charge in [0, 0.05) is 4.47 Å². The van der Waals surface area contributed by atoms with Crippen LogP contribution in [0.5, 0.6) is 11.5 Å². The molecule has 1 amide bonds. The fraction of sp³-hybridized carbons (Fsp3) is 0.136. The van der Waals surface area contributed by atoms with E-state index in [0.29, 0.717) is 17.1 Å². The first-order valence-corrected chi connectivity index (χ1v) is 9.79. The molecule has 3 rings (SSSR count).